The number of ether oxygens (including phenoxy) is 1. The molecule has 5 heteroatoms. The van der Waals surface area contributed by atoms with Crippen LogP contribution in [0.5, 0.6) is 0 Å². The van der Waals surface area contributed by atoms with E-state index in [2.05, 4.69) is 50.1 Å². The maximum atomic E-state index is 5.83. The molecule has 2 aromatic rings. The largest absolute Gasteiger partial charge is 0.378 e. The quantitative estimate of drug-likeness (QED) is 0.867. The molecule has 1 aliphatic heterocycles. The Balaban J connectivity index is 1.60. The summed E-state index contributed by atoms with van der Waals surface area (Å²) in [7, 11) is 0. The Bertz CT molecular complexity index is 620. The Morgan fingerprint density at radius 2 is 1.83 bits per heavy atom. The van der Waals surface area contributed by atoms with Gasteiger partial charge in [0.2, 0.25) is 0 Å². The van der Waals surface area contributed by atoms with E-state index in [9.17, 15) is 0 Å². The van der Waals surface area contributed by atoms with Crippen LogP contribution in [-0.2, 0) is 11.3 Å². The Morgan fingerprint density at radius 1 is 1.00 bits per heavy atom. The van der Waals surface area contributed by atoms with Gasteiger partial charge in [0.1, 0.15) is 12.1 Å². The number of benzene rings is 1. The van der Waals surface area contributed by atoms with Crippen molar-refractivity contribution in [1.82, 2.24) is 14.9 Å². The van der Waals surface area contributed by atoms with E-state index >= 15 is 0 Å². The van der Waals surface area contributed by atoms with Gasteiger partial charge in [0.15, 0.2) is 0 Å². The van der Waals surface area contributed by atoms with Crippen molar-refractivity contribution < 1.29 is 4.74 Å². The topological polar surface area (TPSA) is 41.5 Å². The van der Waals surface area contributed by atoms with Crippen molar-refractivity contribution in [2.75, 3.05) is 44.3 Å². The summed E-state index contributed by atoms with van der Waals surface area (Å²) in [4.78, 5) is 13.4. The Hall–Kier alpha value is -1.98. The molecule has 0 radical (unpaired) electrons. The molecule has 0 atom stereocenters. The second-order valence-electron chi connectivity index (χ2n) is 6.23. The number of rotatable bonds is 3. The third kappa shape index (κ3) is 5.01. The van der Waals surface area contributed by atoms with Gasteiger partial charge in [-0.2, -0.15) is 0 Å². The van der Waals surface area contributed by atoms with E-state index in [0.29, 0.717) is 0 Å². The lowest BCUT2D eigenvalue weighted by Gasteiger charge is -2.29. The second kappa shape index (κ2) is 8.76. The molecular weight excluding hydrogens is 300 g/mol. The SMILES string of the molecule is Cc1cc(N2CCCN(Cc3ccccc3)CCOCC2)ncn1. The minimum Gasteiger partial charge on any atom is -0.378 e. The molecule has 5 nitrogen and oxygen atoms in total. The summed E-state index contributed by atoms with van der Waals surface area (Å²) >= 11 is 0. The van der Waals surface area contributed by atoms with Crippen LogP contribution in [0.1, 0.15) is 17.7 Å². The third-order valence-corrected chi connectivity index (χ3v) is 4.32. The van der Waals surface area contributed by atoms with E-state index in [1.165, 1.54) is 5.56 Å². The molecule has 24 heavy (non-hydrogen) atoms. The molecule has 2 heterocycles. The van der Waals surface area contributed by atoms with Gasteiger partial charge in [0.05, 0.1) is 13.2 Å². The Morgan fingerprint density at radius 3 is 2.67 bits per heavy atom. The van der Waals surface area contributed by atoms with Gasteiger partial charge in [-0.1, -0.05) is 30.3 Å². The lowest BCUT2D eigenvalue weighted by Crippen LogP contribution is -2.36. The summed E-state index contributed by atoms with van der Waals surface area (Å²) in [6.07, 6.45) is 2.77. The first-order valence-electron chi connectivity index (χ1n) is 8.69. The highest BCUT2D eigenvalue weighted by Crippen LogP contribution is 2.13. The molecule has 0 bridgehead atoms. The Labute approximate surface area is 144 Å². The minimum absolute atomic E-state index is 0.738. The lowest BCUT2D eigenvalue weighted by molar-refractivity contribution is 0.100. The lowest BCUT2D eigenvalue weighted by atomic mass is 10.2. The average molecular weight is 326 g/mol. The molecule has 1 fully saturated rings. The smallest absolute Gasteiger partial charge is 0.132 e. The number of nitrogens with zero attached hydrogens (tertiary/aromatic N) is 4. The van der Waals surface area contributed by atoms with Gasteiger partial charge in [-0.25, -0.2) is 9.97 Å². The van der Waals surface area contributed by atoms with Gasteiger partial charge in [0, 0.05) is 44.5 Å². The van der Waals surface area contributed by atoms with Crippen LogP contribution >= 0.6 is 0 Å². The highest BCUT2D eigenvalue weighted by atomic mass is 16.5. The predicted octanol–water partition coefficient (Wildman–Crippen LogP) is 2.51. The monoisotopic (exact) mass is 326 g/mol. The molecule has 1 aliphatic rings. The number of aromatic nitrogens is 2. The fraction of sp³-hybridized carbons (Fsp3) is 0.474. The van der Waals surface area contributed by atoms with Crippen molar-refractivity contribution in [3.05, 3.63) is 54.0 Å². The standard InChI is InChI=1S/C19H26N4O/c1-17-14-19(21-16-20-17)23-9-5-8-22(10-12-24-13-11-23)15-18-6-3-2-4-7-18/h2-4,6-7,14,16H,5,8-13,15H2,1H3. The van der Waals surface area contributed by atoms with Crippen LogP contribution in [0.4, 0.5) is 5.82 Å². The van der Waals surface area contributed by atoms with E-state index in [0.717, 1.165) is 63.9 Å². The molecule has 0 spiro atoms. The van der Waals surface area contributed by atoms with E-state index in [1.807, 2.05) is 13.0 Å². The molecule has 1 saturated heterocycles. The zero-order valence-electron chi connectivity index (χ0n) is 14.4. The molecule has 0 aliphatic carbocycles. The van der Waals surface area contributed by atoms with Crippen molar-refractivity contribution in [3.63, 3.8) is 0 Å². The minimum atomic E-state index is 0.738. The summed E-state index contributed by atoms with van der Waals surface area (Å²) in [5.41, 5.74) is 2.36. The summed E-state index contributed by atoms with van der Waals surface area (Å²) < 4.78 is 5.83. The van der Waals surface area contributed by atoms with Crippen LogP contribution in [-0.4, -0.2) is 54.3 Å². The summed E-state index contributed by atoms with van der Waals surface area (Å²) in [6, 6.07) is 12.7. The normalized spacial score (nSPS) is 17.6. The molecule has 3 rings (SSSR count). The first kappa shape index (κ1) is 16.9. The molecule has 0 N–H and O–H groups in total. The zero-order chi connectivity index (χ0) is 16.6. The van der Waals surface area contributed by atoms with Gasteiger partial charge in [-0.3, -0.25) is 4.90 Å². The number of anilines is 1. The van der Waals surface area contributed by atoms with E-state index in [4.69, 9.17) is 4.74 Å². The zero-order valence-corrected chi connectivity index (χ0v) is 14.4. The van der Waals surface area contributed by atoms with Crippen molar-refractivity contribution in [3.8, 4) is 0 Å². The molecular formula is C19H26N4O. The summed E-state index contributed by atoms with van der Waals surface area (Å²) in [5.74, 6) is 1.00. The van der Waals surface area contributed by atoms with Crippen LogP contribution in [0.15, 0.2) is 42.7 Å². The number of hydrogen-bond acceptors (Lipinski definition) is 5. The van der Waals surface area contributed by atoms with Gasteiger partial charge >= 0.3 is 0 Å². The fourth-order valence-corrected chi connectivity index (χ4v) is 3.02. The molecule has 0 amide bonds. The van der Waals surface area contributed by atoms with Gasteiger partial charge in [0.25, 0.3) is 0 Å². The van der Waals surface area contributed by atoms with Crippen molar-refractivity contribution in [2.45, 2.75) is 19.9 Å². The molecule has 0 unspecified atom stereocenters. The highest BCUT2D eigenvalue weighted by Gasteiger charge is 2.13. The van der Waals surface area contributed by atoms with Crippen molar-refractivity contribution in [2.24, 2.45) is 0 Å². The fourth-order valence-electron chi connectivity index (χ4n) is 3.02. The van der Waals surface area contributed by atoms with Gasteiger partial charge in [-0.05, 0) is 18.9 Å². The van der Waals surface area contributed by atoms with Crippen LogP contribution in [0.25, 0.3) is 0 Å². The first-order chi connectivity index (χ1) is 11.8. The van der Waals surface area contributed by atoms with Crippen LogP contribution in [0.3, 0.4) is 0 Å². The summed E-state index contributed by atoms with van der Waals surface area (Å²) in [6.45, 7) is 8.44. The Kier molecular flexibility index (Phi) is 6.15. The molecule has 1 aromatic carbocycles. The van der Waals surface area contributed by atoms with Crippen molar-refractivity contribution in [1.29, 1.82) is 0 Å². The number of hydrogen-bond donors (Lipinski definition) is 0. The maximum absolute atomic E-state index is 5.83. The van der Waals surface area contributed by atoms with E-state index in [1.54, 1.807) is 6.33 Å². The van der Waals surface area contributed by atoms with Crippen LogP contribution < -0.4 is 4.90 Å². The molecule has 1 aromatic heterocycles. The van der Waals surface area contributed by atoms with Gasteiger partial charge in [-0.15, -0.1) is 0 Å². The van der Waals surface area contributed by atoms with Gasteiger partial charge < -0.3 is 9.64 Å². The third-order valence-electron chi connectivity index (χ3n) is 4.32. The summed E-state index contributed by atoms with van der Waals surface area (Å²) in [5, 5.41) is 0. The highest BCUT2D eigenvalue weighted by molar-refractivity contribution is 5.38. The van der Waals surface area contributed by atoms with Crippen LogP contribution in [0, 0.1) is 6.92 Å². The first-order valence-corrected chi connectivity index (χ1v) is 8.69. The molecule has 128 valence electrons. The van der Waals surface area contributed by atoms with E-state index in [-0.39, 0.29) is 0 Å². The average Bonchev–Trinajstić information content (AvgIpc) is 2.61. The van der Waals surface area contributed by atoms with E-state index < -0.39 is 0 Å². The maximum Gasteiger partial charge on any atom is 0.132 e. The van der Waals surface area contributed by atoms with Crippen molar-refractivity contribution >= 4 is 5.82 Å². The second-order valence-corrected chi connectivity index (χ2v) is 6.23. The van der Waals surface area contributed by atoms with Crippen LogP contribution in [0.2, 0.25) is 0 Å². The predicted molar refractivity (Wildman–Crippen MR) is 96.1 cm³/mol. The molecule has 0 saturated carbocycles. The number of aryl methyl sites for hydroxylation is 1.